The smallest absolute Gasteiger partial charge is 0.319 e. The topological polar surface area (TPSA) is 62.3 Å². The molecule has 3 rings (SSSR count). The summed E-state index contributed by atoms with van der Waals surface area (Å²) in [5.74, 6) is -0.299. The second-order valence-corrected chi connectivity index (χ2v) is 6.38. The van der Waals surface area contributed by atoms with Crippen LogP contribution in [0.15, 0.2) is 30.3 Å². The number of hydrogen-bond donors (Lipinski definition) is 1. The summed E-state index contributed by atoms with van der Waals surface area (Å²) in [7, 11) is 0. The summed E-state index contributed by atoms with van der Waals surface area (Å²) < 4.78 is 0. The second-order valence-electron chi connectivity index (χ2n) is 5.20. The van der Waals surface area contributed by atoms with Crippen LogP contribution in [0.3, 0.4) is 0 Å². The molecule has 1 N–H and O–H groups in total. The maximum absolute atomic E-state index is 12.8. The molecule has 5 nitrogen and oxygen atoms in total. The number of carbonyl (C=O) groups is 2. The van der Waals surface area contributed by atoms with Gasteiger partial charge in [-0.2, -0.15) is 0 Å². The Morgan fingerprint density at radius 3 is 2.43 bits per heavy atom. The zero-order chi connectivity index (χ0) is 15.2. The van der Waals surface area contributed by atoms with Gasteiger partial charge < -0.3 is 5.32 Å². The fourth-order valence-corrected chi connectivity index (χ4v) is 3.24. The Balaban J connectivity index is 2.03. The Hall–Kier alpha value is -2.21. The van der Waals surface area contributed by atoms with Crippen molar-refractivity contribution >= 4 is 28.4 Å². The molecule has 0 saturated carbocycles. The van der Waals surface area contributed by atoms with Crippen molar-refractivity contribution in [1.29, 1.82) is 0 Å². The summed E-state index contributed by atoms with van der Waals surface area (Å²) in [6.45, 7) is 5.51. The Morgan fingerprint density at radius 2 is 1.86 bits per heavy atom. The largest absolute Gasteiger partial charge is 0.331 e. The van der Waals surface area contributed by atoms with Gasteiger partial charge in [-0.1, -0.05) is 30.3 Å². The summed E-state index contributed by atoms with van der Waals surface area (Å²) in [6, 6.07) is 8.81. The van der Waals surface area contributed by atoms with Crippen LogP contribution in [0.5, 0.6) is 0 Å². The van der Waals surface area contributed by atoms with Gasteiger partial charge >= 0.3 is 6.03 Å². The van der Waals surface area contributed by atoms with E-state index in [0.717, 1.165) is 21.0 Å². The van der Waals surface area contributed by atoms with E-state index in [0.29, 0.717) is 5.13 Å². The van der Waals surface area contributed by atoms with E-state index in [1.807, 2.05) is 44.2 Å². The van der Waals surface area contributed by atoms with Crippen molar-refractivity contribution in [2.24, 2.45) is 0 Å². The zero-order valence-electron chi connectivity index (χ0n) is 12.0. The molecule has 1 aliphatic rings. The number of aryl methyl sites for hydroxylation is 2. The summed E-state index contributed by atoms with van der Waals surface area (Å²) in [5.41, 5.74) is 0.547. The molecule has 6 heteroatoms. The summed E-state index contributed by atoms with van der Waals surface area (Å²) in [5, 5.41) is 3.20. The summed E-state index contributed by atoms with van der Waals surface area (Å²) >= 11 is 1.35. The van der Waals surface area contributed by atoms with Crippen molar-refractivity contribution in [2.75, 3.05) is 4.90 Å². The molecule has 108 valence electrons. The Kier molecular flexibility index (Phi) is 3.06. The number of anilines is 1. The number of thiazole rings is 1. The highest BCUT2D eigenvalue weighted by atomic mass is 32.1. The van der Waals surface area contributed by atoms with Crippen molar-refractivity contribution in [1.82, 2.24) is 10.3 Å². The lowest BCUT2D eigenvalue weighted by molar-refractivity contribution is -0.121. The zero-order valence-corrected chi connectivity index (χ0v) is 12.8. The molecule has 1 aromatic heterocycles. The first-order valence-electron chi connectivity index (χ1n) is 6.60. The monoisotopic (exact) mass is 301 g/mol. The van der Waals surface area contributed by atoms with E-state index in [4.69, 9.17) is 0 Å². The molecule has 1 unspecified atom stereocenters. The minimum Gasteiger partial charge on any atom is -0.319 e. The van der Waals surface area contributed by atoms with Gasteiger partial charge in [0.1, 0.15) is 5.54 Å². The van der Waals surface area contributed by atoms with Gasteiger partial charge in [-0.15, -0.1) is 11.3 Å². The highest BCUT2D eigenvalue weighted by Crippen LogP contribution is 2.34. The predicted molar refractivity (Wildman–Crippen MR) is 81.4 cm³/mol. The van der Waals surface area contributed by atoms with E-state index in [1.165, 1.54) is 11.3 Å². The van der Waals surface area contributed by atoms with Gasteiger partial charge in [-0.25, -0.2) is 14.7 Å². The fourth-order valence-electron chi connectivity index (χ4n) is 2.33. The average molecular weight is 301 g/mol. The normalized spacial score (nSPS) is 21.8. The standard InChI is InChI=1S/C15H15N3O2S/c1-9-10(2)21-14(16-9)18-12(19)15(3,17-13(18)20)11-7-5-4-6-8-11/h4-8H,1-3H3,(H,17,20). The molecule has 2 aromatic rings. The van der Waals surface area contributed by atoms with Crippen molar-refractivity contribution in [3.05, 3.63) is 46.5 Å². The lowest BCUT2D eigenvalue weighted by Crippen LogP contribution is -2.40. The molecule has 1 aliphatic heterocycles. The molecular weight excluding hydrogens is 286 g/mol. The van der Waals surface area contributed by atoms with Gasteiger partial charge in [-0.3, -0.25) is 4.79 Å². The van der Waals surface area contributed by atoms with Crippen LogP contribution in [0, 0.1) is 13.8 Å². The van der Waals surface area contributed by atoms with Gasteiger partial charge in [0.15, 0.2) is 0 Å². The highest BCUT2D eigenvalue weighted by molar-refractivity contribution is 7.16. The van der Waals surface area contributed by atoms with E-state index in [9.17, 15) is 9.59 Å². The van der Waals surface area contributed by atoms with Crippen molar-refractivity contribution in [2.45, 2.75) is 26.3 Å². The van der Waals surface area contributed by atoms with E-state index in [1.54, 1.807) is 6.92 Å². The lowest BCUT2D eigenvalue weighted by Gasteiger charge is -2.21. The molecule has 1 aromatic carbocycles. The molecular formula is C15H15N3O2S. The third kappa shape index (κ3) is 2.03. The second kappa shape index (κ2) is 4.66. The number of rotatable bonds is 2. The van der Waals surface area contributed by atoms with E-state index in [-0.39, 0.29) is 5.91 Å². The van der Waals surface area contributed by atoms with Gasteiger partial charge in [0.2, 0.25) is 5.13 Å². The molecule has 1 fully saturated rings. The molecule has 0 aliphatic carbocycles. The molecule has 0 radical (unpaired) electrons. The molecule has 3 amide bonds. The number of nitrogens with one attached hydrogen (secondary N) is 1. The number of nitrogens with zero attached hydrogens (tertiary/aromatic N) is 2. The third-order valence-corrected chi connectivity index (χ3v) is 4.81. The molecule has 1 saturated heterocycles. The van der Waals surface area contributed by atoms with Crippen LogP contribution in [0.4, 0.5) is 9.93 Å². The minimum absolute atomic E-state index is 0.299. The first-order chi connectivity index (χ1) is 9.93. The van der Waals surface area contributed by atoms with Crippen LogP contribution in [-0.2, 0) is 10.3 Å². The molecule has 1 atom stereocenters. The Labute approximate surface area is 126 Å². The quantitative estimate of drug-likeness (QED) is 0.868. The van der Waals surface area contributed by atoms with Gasteiger partial charge in [0, 0.05) is 4.88 Å². The number of aromatic nitrogens is 1. The number of carbonyl (C=O) groups excluding carboxylic acids is 2. The van der Waals surface area contributed by atoms with Crippen LogP contribution in [0.1, 0.15) is 23.1 Å². The van der Waals surface area contributed by atoms with Crippen LogP contribution in [0.2, 0.25) is 0 Å². The summed E-state index contributed by atoms with van der Waals surface area (Å²) in [4.78, 5) is 31.5. The fraction of sp³-hybridized carbons (Fsp3) is 0.267. The predicted octanol–water partition coefficient (Wildman–Crippen LogP) is 2.73. The first-order valence-corrected chi connectivity index (χ1v) is 7.41. The van der Waals surface area contributed by atoms with E-state index in [2.05, 4.69) is 10.3 Å². The number of benzene rings is 1. The maximum Gasteiger partial charge on any atom is 0.331 e. The van der Waals surface area contributed by atoms with Crippen molar-refractivity contribution < 1.29 is 9.59 Å². The number of hydrogen-bond acceptors (Lipinski definition) is 4. The Bertz CT molecular complexity index is 706. The summed E-state index contributed by atoms with van der Waals surface area (Å²) in [6.07, 6.45) is 0. The van der Waals surface area contributed by atoms with Gasteiger partial charge in [0.05, 0.1) is 5.69 Å². The van der Waals surface area contributed by atoms with Crippen LogP contribution >= 0.6 is 11.3 Å². The molecule has 2 heterocycles. The molecule has 0 spiro atoms. The van der Waals surface area contributed by atoms with E-state index >= 15 is 0 Å². The molecule has 0 bridgehead atoms. The van der Waals surface area contributed by atoms with Crippen LogP contribution in [0.25, 0.3) is 0 Å². The first kappa shape index (κ1) is 13.8. The number of urea groups is 1. The maximum atomic E-state index is 12.8. The Morgan fingerprint density at radius 1 is 1.19 bits per heavy atom. The van der Waals surface area contributed by atoms with Crippen LogP contribution in [-0.4, -0.2) is 16.9 Å². The molecule has 21 heavy (non-hydrogen) atoms. The minimum atomic E-state index is -1.05. The highest BCUT2D eigenvalue weighted by Gasteiger charge is 2.50. The van der Waals surface area contributed by atoms with Gasteiger partial charge in [0.25, 0.3) is 5.91 Å². The number of amides is 3. The van der Waals surface area contributed by atoms with Crippen molar-refractivity contribution in [3.8, 4) is 0 Å². The third-order valence-electron chi connectivity index (χ3n) is 3.75. The van der Waals surface area contributed by atoms with Crippen LogP contribution < -0.4 is 10.2 Å². The lowest BCUT2D eigenvalue weighted by atomic mass is 9.92. The van der Waals surface area contributed by atoms with E-state index < -0.39 is 11.6 Å². The SMILES string of the molecule is Cc1nc(N2C(=O)NC(C)(c3ccccc3)C2=O)sc1C. The van der Waals surface area contributed by atoms with Crippen molar-refractivity contribution in [3.63, 3.8) is 0 Å². The average Bonchev–Trinajstić information content (AvgIpc) is 2.90. The van der Waals surface area contributed by atoms with Gasteiger partial charge in [-0.05, 0) is 26.3 Å². The number of imide groups is 1.